The van der Waals surface area contributed by atoms with Crippen molar-refractivity contribution in [1.82, 2.24) is 0 Å². The Kier molecular flexibility index (Phi) is 48.5. The molecule has 0 amide bonds. The molecule has 0 aliphatic carbocycles. The molecule has 6 atom stereocenters. The van der Waals surface area contributed by atoms with Gasteiger partial charge in [-0.2, -0.15) is 8.42 Å². The molecule has 13 heteroatoms. The number of hydrogen-bond donors (Lipinski definition) is 4. The van der Waals surface area contributed by atoms with Gasteiger partial charge >= 0.3 is 16.4 Å². The number of hydrogen-bond acceptors (Lipinski definition) is 11. The quantitative estimate of drug-likeness (QED) is 0.0196. The summed E-state index contributed by atoms with van der Waals surface area (Å²) < 4.78 is 59.5. The van der Waals surface area contributed by atoms with E-state index in [9.17, 15) is 33.1 Å². The number of ether oxygens (including phenoxy) is 4. The molecule has 0 aromatic rings. The van der Waals surface area contributed by atoms with E-state index in [1.807, 2.05) is 0 Å². The lowest BCUT2D eigenvalue weighted by atomic mass is 9.99. The fourth-order valence-electron chi connectivity index (χ4n) is 9.45. The number of unbranched alkanes of at least 4 members (excludes halogenated alkanes) is 35. The Bertz CT molecular complexity index is 1410. The monoisotopic (exact) mass is 1060 g/mol. The van der Waals surface area contributed by atoms with Gasteiger partial charge in [0.1, 0.15) is 30.5 Å². The van der Waals surface area contributed by atoms with E-state index in [2.05, 4.69) is 54.5 Å². The standard InChI is InChI=1S/C60H112O12S/c1-3-5-7-9-11-13-15-17-19-21-23-25-26-27-28-30-32-34-36-38-40-42-44-46-48-50-68-52-54(53-69-60-58(64)59(72-73(65,66)67)57(63)55(51-61)71-60)70-56(62)49-47-45-43-41-39-37-35-33-31-29-24-22-20-18-16-14-12-10-8-6-4-2/h16,18,22,24,31,33,54-55,57-61,63-64H,3-15,17,19-21,23,25-30,32,34-53H2,1-2H3,(H,65,66,67)/b18-16-,24-22-,33-31-. The molecule has 1 aliphatic heterocycles. The van der Waals surface area contributed by atoms with E-state index < -0.39 is 59.8 Å². The van der Waals surface area contributed by atoms with Gasteiger partial charge < -0.3 is 34.3 Å². The minimum absolute atomic E-state index is 0.0341. The van der Waals surface area contributed by atoms with E-state index in [-0.39, 0.29) is 19.6 Å². The molecular formula is C60H112O12S. The molecule has 73 heavy (non-hydrogen) atoms. The number of carbonyl (C=O) groups is 1. The van der Waals surface area contributed by atoms with Crippen molar-refractivity contribution in [1.29, 1.82) is 0 Å². The van der Waals surface area contributed by atoms with Crippen molar-refractivity contribution in [2.75, 3.05) is 26.4 Å². The zero-order valence-electron chi connectivity index (χ0n) is 46.7. The van der Waals surface area contributed by atoms with Crippen LogP contribution in [0.3, 0.4) is 0 Å². The highest BCUT2D eigenvalue weighted by atomic mass is 32.3. The van der Waals surface area contributed by atoms with Crippen LogP contribution < -0.4 is 0 Å². The van der Waals surface area contributed by atoms with Crippen molar-refractivity contribution in [3.63, 3.8) is 0 Å². The van der Waals surface area contributed by atoms with Crippen LogP contribution in [0.25, 0.3) is 0 Å². The van der Waals surface area contributed by atoms with Crippen LogP contribution in [0.15, 0.2) is 36.5 Å². The van der Waals surface area contributed by atoms with Gasteiger partial charge in [0.05, 0.1) is 19.8 Å². The molecule has 4 N–H and O–H groups in total. The van der Waals surface area contributed by atoms with Gasteiger partial charge in [0.25, 0.3) is 0 Å². The third-order valence-electron chi connectivity index (χ3n) is 14.0. The average molecular weight is 1060 g/mol. The summed E-state index contributed by atoms with van der Waals surface area (Å²) in [5.74, 6) is -0.406. The van der Waals surface area contributed by atoms with Gasteiger partial charge in [-0.1, -0.05) is 256 Å². The fraction of sp³-hybridized carbons (Fsp3) is 0.883. The van der Waals surface area contributed by atoms with Gasteiger partial charge in [-0.25, -0.2) is 4.18 Å². The SMILES string of the molecule is CCCCCCC/C=C\C/C=C\C/C=C\CCCCCCCCC(=O)OC(COCCCCCCCCCCCCCCCCCCCCCCCCCCC)COC1OC(CO)C(O)C(OS(=O)(=O)O)C1O. The second-order valence-electron chi connectivity index (χ2n) is 20.9. The molecule has 0 radical (unpaired) electrons. The van der Waals surface area contributed by atoms with Gasteiger partial charge in [0, 0.05) is 13.0 Å². The summed E-state index contributed by atoms with van der Waals surface area (Å²) in [4.78, 5) is 13.0. The van der Waals surface area contributed by atoms with Crippen LogP contribution in [-0.2, 0) is 38.3 Å². The van der Waals surface area contributed by atoms with Crippen molar-refractivity contribution < 1.29 is 56.2 Å². The summed E-state index contributed by atoms with van der Waals surface area (Å²) in [6.45, 7) is 4.02. The van der Waals surface area contributed by atoms with Crippen LogP contribution in [0, 0.1) is 0 Å². The van der Waals surface area contributed by atoms with Crippen LogP contribution in [0.1, 0.15) is 277 Å². The fourth-order valence-corrected chi connectivity index (χ4v) is 9.96. The Morgan fingerprint density at radius 2 is 0.904 bits per heavy atom. The number of carbonyl (C=O) groups excluding carboxylic acids is 1. The molecule has 0 saturated carbocycles. The smallest absolute Gasteiger partial charge is 0.397 e. The normalized spacial score (nSPS) is 19.0. The lowest BCUT2D eigenvalue weighted by Crippen LogP contribution is -2.60. The van der Waals surface area contributed by atoms with Gasteiger partial charge in [-0.05, 0) is 51.4 Å². The maximum atomic E-state index is 13.0. The molecule has 0 aromatic carbocycles. The topological polar surface area (TPSA) is 178 Å². The summed E-state index contributed by atoms with van der Waals surface area (Å²) in [7, 11) is -5.07. The highest BCUT2D eigenvalue weighted by Gasteiger charge is 2.48. The Balaban J connectivity index is 2.27. The number of rotatable bonds is 54. The first-order valence-corrected chi connectivity index (χ1v) is 31.6. The highest BCUT2D eigenvalue weighted by Crippen LogP contribution is 2.26. The first-order chi connectivity index (χ1) is 35.6. The Morgan fingerprint density at radius 3 is 1.32 bits per heavy atom. The predicted octanol–water partition coefficient (Wildman–Crippen LogP) is 15.3. The van der Waals surface area contributed by atoms with Crippen molar-refractivity contribution in [2.45, 2.75) is 314 Å². The second-order valence-corrected chi connectivity index (χ2v) is 22.0. The first kappa shape index (κ1) is 69.3. The minimum Gasteiger partial charge on any atom is -0.457 e. The number of allylic oxidation sites excluding steroid dienone is 6. The van der Waals surface area contributed by atoms with Crippen LogP contribution in [0.2, 0.25) is 0 Å². The van der Waals surface area contributed by atoms with E-state index in [1.165, 1.54) is 180 Å². The summed E-state index contributed by atoms with van der Waals surface area (Å²) in [6, 6.07) is 0. The van der Waals surface area contributed by atoms with E-state index in [0.29, 0.717) is 13.0 Å². The predicted molar refractivity (Wildman–Crippen MR) is 299 cm³/mol. The zero-order valence-corrected chi connectivity index (χ0v) is 47.5. The second kappa shape index (κ2) is 51.1. The molecule has 1 rings (SSSR count). The highest BCUT2D eigenvalue weighted by molar-refractivity contribution is 7.80. The van der Waals surface area contributed by atoms with Gasteiger partial charge in [0.15, 0.2) is 6.29 Å². The minimum atomic E-state index is -5.07. The van der Waals surface area contributed by atoms with Crippen LogP contribution in [0.4, 0.5) is 0 Å². The zero-order chi connectivity index (χ0) is 53.1. The molecule has 12 nitrogen and oxygen atoms in total. The van der Waals surface area contributed by atoms with Crippen molar-refractivity contribution in [3.05, 3.63) is 36.5 Å². The largest absolute Gasteiger partial charge is 0.457 e. The van der Waals surface area contributed by atoms with Crippen molar-refractivity contribution >= 4 is 16.4 Å². The van der Waals surface area contributed by atoms with E-state index in [4.69, 9.17) is 18.9 Å². The average Bonchev–Trinajstić information content (AvgIpc) is 3.37. The maximum Gasteiger partial charge on any atom is 0.397 e. The Hall–Kier alpha value is -1.68. The number of aliphatic hydroxyl groups excluding tert-OH is 3. The van der Waals surface area contributed by atoms with Crippen LogP contribution in [0.5, 0.6) is 0 Å². The molecule has 1 saturated heterocycles. The van der Waals surface area contributed by atoms with Gasteiger partial charge in [-0.15, -0.1) is 0 Å². The first-order valence-electron chi connectivity index (χ1n) is 30.2. The third kappa shape index (κ3) is 44.1. The maximum absolute atomic E-state index is 13.0. The molecule has 1 aliphatic rings. The molecule has 6 unspecified atom stereocenters. The van der Waals surface area contributed by atoms with Gasteiger partial charge in [-0.3, -0.25) is 9.35 Å². The Labute approximate surface area is 447 Å². The van der Waals surface area contributed by atoms with Crippen molar-refractivity contribution in [3.8, 4) is 0 Å². The van der Waals surface area contributed by atoms with E-state index in [0.717, 1.165) is 70.6 Å². The molecule has 1 heterocycles. The number of esters is 1. The lowest BCUT2D eigenvalue weighted by Gasteiger charge is -2.41. The molecule has 0 aromatic heterocycles. The van der Waals surface area contributed by atoms with Gasteiger partial charge in [0.2, 0.25) is 0 Å². The molecule has 430 valence electrons. The summed E-state index contributed by atoms with van der Waals surface area (Å²) >= 11 is 0. The lowest BCUT2D eigenvalue weighted by molar-refractivity contribution is -0.301. The third-order valence-corrected chi connectivity index (χ3v) is 14.5. The molecule has 1 fully saturated rings. The summed E-state index contributed by atoms with van der Waals surface area (Å²) in [5, 5.41) is 30.9. The Morgan fingerprint density at radius 1 is 0.521 bits per heavy atom. The van der Waals surface area contributed by atoms with Crippen molar-refractivity contribution in [2.24, 2.45) is 0 Å². The van der Waals surface area contributed by atoms with E-state index in [1.54, 1.807) is 0 Å². The number of aliphatic hydroxyl groups is 3. The molecular weight excluding hydrogens is 945 g/mol. The molecule has 0 spiro atoms. The molecule has 0 bridgehead atoms. The summed E-state index contributed by atoms with van der Waals surface area (Å²) in [5.41, 5.74) is 0. The van der Waals surface area contributed by atoms with E-state index >= 15 is 0 Å². The van der Waals surface area contributed by atoms with Crippen LogP contribution in [-0.4, -0.2) is 97.5 Å². The van der Waals surface area contributed by atoms with Crippen LogP contribution >= 0.6 is 0 Å². The summed E-state index contributed by atoms with van der Waals surface area (Å²) in [6.07, 6.45) is 54.7.